The number of nitrogens with one attached hydrogen (secondary N) is 1. The predicted octanol–water partition coefficient (Wildman–Crippen LogP) is 4.15. The Morgan fingerprint density at radius 1 is 1.03 bits per heavy atom. The largest absolute Gasteiger partial charge is 0.493 e. The van der Waals surface area contributed by atoms with E-state index in [1.54, 1.807) is 6.07 Å². The number of benzene rings is 2. The molecule has 5 rings (SSSR count). The Morgan fingerprint density at radius 2 is 1.93 bits per heavy atom. The minimum absolute atomic E-state index is 0.161. The van der Waals surface area contributed by atoms with Crippen LogP contribution in [0, 0.1) is 17.5 Å². The van der Waals surface area contributed by atoms with E-state index in [9.17, 15) is 13.2 Å². The first-order valence-electron chi connectivity index (χ1n) is 9.43. The van der Waals surface area contributed by atoms with E-state index in [4.69, 9.17) is 4.74 Å². The van der Waals surface area contributed by atoms with Gasteiger partial charge < -0.3 is 10.1 Å². The van der Waals surface area contributed by atoms with Crippen molar-refractivity contribution in [3.63, 3.8) is 0 Å². The third-order valence-corrected chi connectivity index (χ3v) is 5.11. The van der Waals surface area contributed by atoms with Crippen LogP contribution in [0.2, 0.25) is 0 Å². The van der Waals surface area contributed by atoms with Crippen LogP contribution in [0.25, 0.3) is 16.8 Å². The van der Waals surface area contributed by atoms with Gasteiger partial charge in [0.15, 0.2) is 5.65 Å². The standard InChI is InChI=1S/C21H16F3N5O/c22-12-3-4-13(18(24)8-12)16-10-26-21(29-20(16)27-11-28-29)25-9-15-14-2-1-7-30-19(14)6-5-17(15)23/h3-6,8,10-11H,1-2,7,9H2,(H,25,26). The summed E-state index contributed by atoms with van der Waals surface area (Å²) in [5, 5.41) is 7.22. The molecule has 1 N–H and O–H groups in total. The van der Waals surface area contributed by atoms with Crippen LogP contribution in [0.1, 0.15) is 17.5 Å². The normalized spacial score (nSPS) is 13.2. The van der Waals surface area contributed by atoms with Crippen LogP contribution in [-0.2, 0) is 13.0 Å². The van der Waals surface area contributed by atoms with Crippen molar-refractivity contribution in [2.24, 2.45) is 0 Å². The number of fused-ring (bicyclic) bond motifs is 2. The van der Waals surface area contributed by atoms with Crippen molar-refractivity contribution in [3.05, 3.63) is 71.4 Å². The Balaban J connectivity index is 1.50. The van der Waals surface area contributed by atoms with Gasteiger partial charge in [0.2, 0.25) is 5.95 Å². The zero-order valence-electron chi connectivity index (χ0n) is 15.7. The molecule has 30 heavy (non-hydrogen) atoms. The minimum Gasteiger partial charge on any atom is -0.493 e. The lowest BCUT2D eigenvalue weighted by molar-refractivity contribution is 0.286. The van der Waals surface area contributed by atoms with Gasteiger partial charge in [-0.25, -0.2) is 23.1 Å². The maximum atomic E-state index is 14.5. The highest BCUT2D eigenvalue weighted by Crippen LogP contribution is 2.31. The highest BCUT2D eigenvalue weighted by atomic mass is 19.1. The van der Waals surface area contributed by atoms with Gasteiger partial charge in [-0.3, -0.25) is 0 Å². The van der Waals surface area contributed by atoms with E-state index < -0.39 is 11.6 Å². The predicted molar refractivity (Wildman–Crippen MR) is 104 cm³/mol. The van der Waals surface area contributed by atoms with Crippen molar-refractivity contribution < 1.29 is 17.9 Å². The number of aromatic nitrogens is 4. The lowest BCUT2D eigenvalue weighted by atomic mass is 9.99. The average Bonchev–Trinajstić information content (AvgIpc) is 3.24. The van der Waals surface area contributed by atoms with E-state index in [1.165, 1.54) is 35.2 Å². The number of hydrogen-bond acceptors (Lipinski definition) is 5. The second-order valence-electron chi connectivity index (χ2n) is 6.92. The van der Waals surface area contributed by atoms with Crippen LogP contribution in [0.4, 0.5) is 19.1 Å². The number of nitrogens with zero attached hydrogens (tertiary/aromatic N) is 4. The van der Waals surface area contributed by atoms with Gasteiger partial charge in [0.25, 0.3) is 0 Å². The molecule has 1 aliphatic rings. The Morgan fingerprint density at radius 3 is 2.80 bits per heavy atom. The van der Waals surface area contributed by atoms with Crippen LogP contribution < -0.4 is 10.1 Å². The van der Waals surface area contributed by atoms with Crippen molar-refractivity contribution in [3.8, 4) is 16.9 Å². The van der Waals surface area contributed by atoms with Gasteiger partial charge in [-0.2, -0.15) is 9.61 Å². The third-order valence-electron chi connectivity index (χ3n) is 5.11. The molecule has 1 aliphatic heterocycles. The molecule has 0 radical (unpaired) electrons. The monoisotopic (exact) mass is 411 g/mol. The first-order chi connectivity index (χ1) is 14.6. The smallest absolute Gasteiger partial charge is 0.226 e. The molecule has 6 nitrogen and oxygen atoms in total. The number of halogens is 3. The van der Waals surface area contributed by atoms with Gasteiger partial charge >= 0.3 is 0 Å². The maximum Gasteiger partial charge on any atom is 0.226 e. The van der Waals surface area contributed by atoms with Crippen LogP contribution in [0.3, 0.4) is 0 Å². The minimum atomic E-state index is -0.722. The fourth-order valence-corrected chi connectivity index (χ4v) is 3.68. The van der Waals surface area contributed by atoms with E-state index in [0.29, 0.717) is 35.1 Å². The van der Waals surface area contributed by atoms with Crippen molar-refractivity contribution in [2.45, 2.75) is 19.4 Å². The average molecular weight is 411 g/mol. The maximum absolute atomic E-state index is 14.5. The summed E-state index contributed by atoms with van der Waals surface area (Å²) in [5.74, 6) is -0.702. The third kappa shape index (κ3) is 3.12. The van der Waals surface area contributed by atoms with Gasteiger partial charge in [0, 0.05) is 41.1 Å². The first kappa shape index (κ1) is 18.4. The summed E-state index contributed by atoms with van der Waals surface area (Å²) in [7, 11) is 0. The summed E-state index contributed by atoms with van der Waals surface area (Å²) in [6.45, 7) is 0.790. The van der Waals surface area contributed by atoms with E-state index in [-0.39, 0.29) is 17.9 Å². The molecule has 152 valence electrons. The quantitative estimate of drug-likeness (QED) is 0.547. The molecule has 0 saturated heterocycles. The highest BCUT2D eigenvalue weighted by molar-refractivity contribution is 5.77. The number of hydrogen-bond donors (Lipinski definition) is 1. The summed E-state index contributed by atoms with van der Waals surface area (Å²) < 4.78 is 49.0. The van der Waals surface area contributed by atoms with Gasteiger partial charge in [-0.15, -0.1) is 0 Å². The van der Waals surface area contributed by atoms with Gasteiger partial charge in [-0.05, 0) is 37.1 Å². The molecule has 9 heteroatoms. The van der Waals surface area contributed by atoms with Crippen LogP contribution in [0.5, 0.6) is 5.75 Å². The number of ether oxygens (including phenoxy) is 1. The molecule has 3 heterocycles. The van der Waals surface area contributed by atoms with E-state index in [2.05, 4.69) is 20.4 Å². The fourth-order valence-electron chi connectivity index (χ4n) is 3.68. The van der Waals surface area contributed by atoms with Crippen molar-refractivity contribution in [1.29, 1.82) is 0 Å². The van der Waals surface area contributed by atoms with Gasteiger partial charge in [0.1, 0.15) is 29.5 Å². The number of rotatable bonds is 4. The molecule has 4 aromatic rings. The molecule has 0 unspecified atom stereocenters. The summed E-state index contributed by atoms with van der Waals surface area (Å²) in [5.41, 5.74) is 2.22. The first-order valence-corrected chi connectivity index (χ1v) is 9.43. The SMILES string of the molecule is Fc1ccc(-c2cnc(NCc3c(F)ccc4c3CCCO4)n3ncnc23)c(F)c1. The van der Waals surface area contributed by atoms with E-state index >= 15 is 0 Å². The summed E-state index contributed by atoms with van der Waals surface area (Å²) >= 11 is 0. The Kier molecular flexibility index (Phi) is 4.50. The Hall–Kier alpha value is -3.62. The zero-order valence-corrected chi connectivity index (χ0v) is 15.7. The lowest BCUT2D eigenvalue weighted by Gasteiger charge is -2.21. The van der Waals surface area contributed by atoms with Crippen molar-refractivity contribution in [1.82, 2.24) is 19.6 Å². The van der Waals surface area contributed by atoms with Crippen molar-refractivity contribution >= 4 is 11.6 Å². The van der Waals surface area contributed by atoms with Crippen LogP contribution in [-0.4, -0.2) is 26.2 Å². The van der Waals surface area contributed by atoms with Gasteiger partial charge in [-0.1, -0.05) is 0 Å². The second-order valence-corrected chi connectivity index (χ2v) is 6.92. The molecule has 2 aromatic carbocycles. The molecular weight excluding hydrogens is 395 g/mol. The second kappa shape index (κ2) is 7.33. The Bertz CT molecular complexity index is 1260. The molecule has 0 saturated carbocycles. The molecule has 0 fully saturated rings. The summed E-state index contributed by atoms with van der Waals surface area (Å²) in [4.78, 5) is 8.49. The van der Waals surface area contributed by atoms with E-state index in [1.807, 2.05) is 0 Å². The number of anilines is 1. The van der Waals surface area contributed by atoms with Crippen molar-refractivity contribution in [2.75, 3.05) is 11.9 Å². The molecule has 0 aliphatic carbocycles. The topological polar surface area (TPSA) is 64.3 Å². The molecule has 0 atom stereocenters. The summed E-state index contributed by atoms with van der Waals surface area (Å²) in [6, 6.07) is 6.33. The molecule has 2 aromatic heterocycles. The highest BCUT2D eigenvalue weighted by Gasteiger charge is 2.19. The molecular formula is C21H16F3N5O. The van der Waals surface area contributed by atoms with Crippen LogP contribution in [0.15, 0.2) is 42.9 Å². The molecule has 0 amide bonds. The summed E-state index contributed by atoms with van der Waals surface area (Å²) in [6.07, 6.45) is 4.31. The van der Waals surface area contributed by atoms with E-state index in [0.717, 1.165) is 24.5 Å². The Labute approximate surface area is 169 Å². The van der Waals surface area contributed by atoms with Crippen LogP contribution >= 0.6 is 0 Å². The van der Waals surface area contributed by atoms with Gasteiger partial charge in [0.05, 0.1) is 6.61 Å². The zero-order chi connectivity index (χ0) is 20.7. The fraction of sp³-hybridized carbons (Fsp3) is 0.190. The molecule has 0 spiro atoms. The molecule has 0 bridgehead atoms. The lowest BCUT2D eigenvalue weighted by Crippen LogP contribution is -2.15.